The standard InChI is InChI=1S/C5H11NO3S.C5H13NO3S.CH4/c1-4-3-5(2)9-10(7,8)6-4;1-3-4-5(2)9-10(6,7)8;/h4-6H,3H2,1-2H3;5H,3-4H2,1-2H3,(H2,6,7,8);1H4. The molecule has 0 aromatic rings. The van der Waals surface area contributed by atoms with Gasteiger partial charge in [0.2, 0.25) is 0 Å². The van der Waals surface area contributed by atoms with Gasteiger partial charge in [0.15, 0.2) is 0 Å². The zero-order valence-corrected chi connectivity index (χ0v) is 13.8. The van der Waals surface area contributed by atoms with Crippen molar-refractivity contribution >= 4 is 20.6 Å². The monoisotopic (exact) mass is 348 g/mol. The van der Waals surface area contributed by atoms with Crippen molar-refractivity contribution in [2.45, 2.75) is 72.6 Å². The first-order chi connectivity index (χ1) is 8.95. The molecule has 1 rings (SSSR count). The second-order valence-electron chi connectivity index (χ2n) is 4.80. The van der Waals surface area contributed by atoms with Gasteiger partial charge in [0, 0.05) is 6.04 Å². The van der Waals surface area contributed by atoms with Crippen molar-refractivity contribution < 1.29 is 25.2 Å². The molecule has 1 aliphatic rings. The molecule has 0 aromatic carbocycles. The highest BCUT2D eigenvalue weighted by molar-refractivity contribution is 7.84. The molecule has 3 N–H and O–H groups in total. The molecule has 3 unspecified atom stereocenters. The van der Waals surface area contributed by atoms with E-state index in [1.54, 1.807) is 13.8 Å². The summed E-state index contributed by atoms with van der Waals surface area (Å²) in [6, 6.07) is -0.00579. The molecule has 0 aliphatic carbocycles. The molecule has 0 spiro atoms. The minimum Gasteiger partial charge on any atom is -0.255 e. The number of nitrogens with two attached hydrogens (primary N) is 1. The predicted octanol–water partition coefficient (Wildman–Crippen LogP) is 1.05. The van der Waals surface area contributed by atoms with Gasteiger partial charge >= 0.3 is 20.6 Å². The van der Waals surface area contributed by atoms with Crippen LogP contribution in [0.25, 0.3) is 0 Å². The van der Waals surface area contributed by atoms with E-state index < -0.39 is 20.6 Å². The predicted molar refractivity (Wildman–Crippen MR) is 82.0 cm³/mol. The Kier molecular flexibility index (Phi) is 10.6. The van der Waals surface area contributed by atoms with Gasteiger partial charge in [-0.2, -0.15) is 21.6 Å². The molecule has 0 aromatic heterocycles. The summed E-state index contributed by atoms with van der Waals surface area (Å²) < 4.78 is 53.4. The summed E-state index contributed by atoms with van der Waals surface area (Å²) in [5.41, 5.74) is 0. The smallest absolute Gasteiger partial charge is 0.255 e. The maximum Gasteiger partial charge on any atom is 0.336 e. The van der Waals surface area contributed by atoms with E-state index in [1.165, 1.54) is 0 Å². The molecular formula is C11H28N2O6S2. The third-order valence-corrected chi connectivity index (χ3v) is 4.19. The van der Waals surface area contributed by atoms with Gasteiger partial charge in [0.25, 0.3) is 0 Å². The van der Waals surface area contributed by atoms with Crippen LogP contribution in [0.2, 0.25) is 0 Å². The van der Waals surface area contributed by atoms with Gasteiger partial charge in [-0.05, 0) is 33.6 Å². The van der Waals surface area contributed by atoms with Gasteiger partial charge in [-0.3, -0.25) is 8.37 Å². The molecule has 1 aliphatic heterocycles. The SMILES string of the molecule is C.CC1CC(C)OS(=O)(=O)N1.CCCC(C)OS(N)(=O)=O. The van der Waals surface area contributed by atoms with Gasteiger partial charge in [-0.15, -0.1) is 0 Å². The Balaban J connectivity index is 0. The van der Waals surface area contributed by atoms with Crippen molar-refractivity contribution in [1.29, 1.82) is 0 Å². The van der Waals surface area contributed by atoms with Crippen LogP contribution in [0.1, 0.15) is 54.4 Å². The third-order valence-electron chi connectivity index (χ3n) is 2.32. The minimum atomic E-state index is -3.75. The molecular weight excluding hydrogens is 320 g/mol. The normalized spacial score (nSPS) is 26.0. The first-order valence-electron chi connectivity index (χ1n) is 6.36. The molecule has 21 heavy (non-hydrogen) atoms. The Morgan fingerprint density at radius 2 is 1.95 bits per heavy atom. The summed E-state index contributed by atoms with van der Waals surface area (Å²) in [6.07, 6.45) is 1.83. The lowest BCUT2D eigenvalue weighted by Crippen LogP contribution is -2.43. The second-order valence-corrected chi connectivity index (χ2v) is 7.32. The Labute approximate surface area is 128 Å². The summed E-state index contributed by atoms with van der Waals surface area (Å²) in [5, 5.41) is 4.62. The molecule has 0 saturated carbocycles. The van der Waals surface area contributed by atoms with E-state index in [2.05, 4.69) is 18.2 Å². The van der Waals surface area contributed by atoms with Crippen molar-refractivity contribution in [3.05, 3.63) is 0 Å². The van der Waals surface area contributed by atoms with E-state index in [-0.39, 0.29) is 25.7 Å². The van der Waals surface area contributed by atoms with Crippen LogP contribution in [0.4, 0.5) is 0 Å². The summed E-state index contributed by atoms with van der Waals surface area (Å²) in [7, 11) is -7.18. The maximum atomic E-state index is 10.7. The van der Waals surface area contributed by atoms with Gasteiger partial charge in [0.1, 0.15) is 0 Å². The second kappa shape index (κ2) is 9.70. The quantitative estimate of drug-likeness (QED) is 0.782. The summed E-state index contributed by atoms with van der Waals surface area (Å²) in [4.78, 5) is 0. The highest BCUT2D eigenvalue weighted by Crippen LogP contribution is 2.12. The molecule has 10 heteroatoms. The van der Waals surface area contributed by atoms with Crippen LogP contribution in [0, 0.1) is 0 Å². The summed E-state index contributed by atoms with van der Waals surface area (Å²) >= 11 is 0. The van der Waals surface area contributed by atoms with Crippen molar-refractivity contribution in [1.82, 2.24) is 4.72 Å². The Morgan fingerprint density at radius 1 is 1.43 bits per heavy atom. The largest absolute Gasteiger partial charge is 0.336 e. The highest BCUT2D eigenvalue weighted by Gasteiger charge is 2.26. The number of nitrogens with one attached hydrogen (secondary N) is 1. The average Bonchev–Trinajstić information content (AvgIpc) is 2.10. The van der Waals surface area contributed by atoms with E-state index in [4.69, 9.17) is 0 Å². The van der Waals surface area contributed by atoms with E-state index in [1.807, 2.05) is 13.8 Å². The Morgan fingerprint density at radius 3 is 2.29 bits per heavy atom. The van der Waals surface area contributed by atoms with Crippen LogP contribution in [0.3, 0.4) is 0 Å². The maximum absolute atomic E-state index is 10.7. The van der Waals surface area contributed by atoms with Gasteiger partial charge in [0.05, 0.1) is 12.2 Å². The molecule has 8 nitrogen and oxygen atoms in total. The van der Waals surface area contributed by atoms with E-state index in [9.17, 15) is 16.8 Å². The lowest BCUT2D eigenvalue weighted by atomic mass is 10.2. The number of hydrogen-bond acceptors (Lipinski definition) is 6. The Bertz CT molecular complexity index is 458. The minimum absolute atomic E-state index is 0. The first kappa shape index (κ1) is 23.0. The summed E-state index contributed by atoms with van der Waals surface area (Å²) in [6.45, 7) is 7.18. The van der Waals surface area contributed by atoms with Gasteiger partial charge < -0.3 is 0 Å². The van der Waals surface area contributed by atoms with Crippen molar-refractivity contribution in [2.24, 2.45) is 5.14 Å². The van der Waals surface area contributed by atoms with Crippen molar-refractivity contribution in [2.75, 3.05) is 0 Å². The highest BCUT2D eigenvalue weighted by atomic mass is 32.2. The van der Waals surface area contributed by atoms with Crippen LogP contribution in [0.5, 0.6) is 0 Å². The van der Waals surface area contributed by atoms with Crippen LogP contribution < -0.4 is 9.86 Å². The van der Waals surface area contributed by atoms with E-state index >= 15 is 0 Å². The van der Waals surface area contributed by atoms with Crippen molar-refractivity contribution in [3.63, 3.8) is 0 Å². The van der Waals surface area contributed by atoms with Crippen LogP contribution in [-0.4, -0.2) is 35.1 Å². The zero-order chi connectivity index (χ0) is 16.0. The molecule has 0 radical (unpaired) electrons. The fraction of sp³-hybridized carbons (Fsp3) is 1.00. The first-order valence-corrected chi connectivity index (χ1v) is 9.24. The average molecular weight is 348 g/mol. The molecule has 130 valence electrons. The molecule has 1 saturated heterocycles. The van der Waals surface area contributed by atoms with Gasteiger partial charge in [-0.1, -0.05) is 20.8 Å². The van der Waals surface area contributed by atoms with E-state index in [0.717, 1.165) is 12.8 Å². The van der Waals surface area contributed by atoms with E-state index in [0.29, 0.717) is 6.42 Å². The molecule has 1 fully saturated rings. The lowest BCUT2D eigenvalue weighted by molar-refractivity contribution is 0.178. The van der Waals surface area contributed by atoms with Crippen LogP contribution in [0.15, 0.2) is 0 Å². The zero-order valence-electron chi connectivity index (χ0n) is 12.2. The topological polar surface area (TPSA) is 125 Å². The van der Waals surface area contributed by atoms with Crippen LogP contribution in [-0.2, 0) is 29.0 Å². The molecule has 0 bridgehead atoms. The fourth-order valence-electron chi connectivity index (χ4n) is 1.76. The number of rotatable bonds is 4. The third kappa shape index (κ3) is 13.1. The fourth-order valence-corrected chi connectivity index (χ4v) is 3.47. The van der Waals surface area contributed by atoms with Crippen LogP contribution >= 0.6 is 0 Å². The molecule has 3 atom stereocenters. The number of hydrogen-bond donors (Lipinski definition) is 2. The molecule has 0 amide bonds. The van der Waals surface area contributed by atoms with Crippen molar-refractivity contribution in [3.8, 4) is 0 Å². The summed E-state index contributed by atoms with van der Waals surface area (Å²) in [5.74, 6) is 0. The molecule has 1 heterocycles. The lowest BCUT2D eigenvalue weighted by Gasteiger charge is -2.24. The van der Waals surface area contributed by atoms with Gasteiger partial charge in [-0.25, -0.2) is 5.14 Å². The Hall–Kier alpha value is -0.260.